The largest absolute Gasteiger partial charge is 0.458 e. The van der Waals surface area contributed by atoms with Gasteiger partial charge in [0.2, 0.25) is 0 Å². The van der Waals surface area contributed by atoms with Crippen molar-refractivity contribution in [3.8, 4) is 23.0 Å². The van der Waals surface area contributed by atoms with Gasteiger partial charge < -0.3 is 14.4 Å². The fraction of sp³-hybridized carbons (Fsp3) is 0.105. The zero-order valence-corrected chi connectivity index (χ0v) is 25.5. The fourth-order valence-corrected chi connectivity index (χ4v) is 8.81. The van der Waals surface area contributed by atoms with Crippen LogP contribution in [0.3, 0.4) is 0 Å². The van der Waals surface area contributed by atoms with Crippen LogP contribution >= 0.6 is 22.7 Å². The van der Waals surface area contributed by atoms with E-state index in [4.69, 9.17) is 23.2 Å². The van der Waals surface area contributed by atoms with Crippen molar-refractivity contribution in [1.82, 2.24) is 0 Å². The minimum atomic E-state index is -0.631. The standard InChI is InChI=1S/C38H28BNO2S2/c1-38(2,3)23-20-30-33-31(21-23)42-34-36-35(27-16-10-11-17-32(27)43-36)44-37(34)39(33)28-19-18-26(22-29(28)41-30)40(24-12-6-4-7-13-24)25-14-8-5-9-15-25/h4-22H,1-3H3/i4D,5D,6D,7D,8D,9D,12D,13D,14D,15D. The number of ether oxygens (including phenoxy) is 2. The van der Waals surface area contributed by atoms with Gasteiger partial charge in [-0.2, -0.15) is 0 Å². The van der Waals surface area contributed by atoms with Crippen molar-refractivity contribution in [2.24, 2.45) is 0 Å². The van der Waals surface area contributed by atoms with Gasteiger partial charge in [-0.1, -0.05) is 81.3 Å². The molecule has 2 aromatic heterocycles. The maximum Gasteiger partial charge on any atom is 0.273 e. The molecular weight excluding hydrogens is 577 g/mol. The number of benzene rings is 5. The van der Waals surface area contributed by atoms with Crippen LogP contribution in [0.25, 0.3) is 19.5 Å². The van der Waals surface area contributed by atoms with E-state index < -0.39 is 60.4 Å². The maximum absolute atomic E-state index is 8.88. The Morgan fingerprint density at radius 1 is 0.705 bits per heavy atom. The number of thiophene rings is 2. The second-order valence-corrected chi connectivity index (χ2v) is 13.9. The molecule has 0 saturated carbocycles. The number of hydrogen-bond acceptors (Lipinski definition) is 5. The van der Waals surface area contributed by atoms with E-state index in [1.165, 1.54) is 0 Å². The molecule has 0 aliphatic carbocycles. The molecule has 0 unspecified atom stereocenters. The monoisotopic (exact) mass is 615 g/mol. The van der Waals surface area contributed by atoms with Crippen molar-refractivity contribution in [3.63, 3.8) is 0 Å². The number of anilines is 3. The van der Waals surface area contributed by atoms with Gasteiger partial charge in [0.15, 0.2) is 5.75 Å². The molecule has 0 atom stereocenters. The van der Waals surface area contributed by atoms with Crippen LogP contribution in [0.1, 0.15) is 40.0 Å². The summed E-state index contributed by atoms with van der Waals surface area (Å²) in [5.41, 5.74) is 1.82. The van der Waals surface area contributed by atoms with Crippen LogP contribution in [0.5, 0.6) is 23.0 Å². The Morgan fingerprint density at radius 2 is 1.39 bits per heavy atom. The van der Waals surface area contributed by atoms with E-state index in [1.807, 2.05) is 24.3 Å². The summed E-state index contributed by atoms with van der Waals surface area (Å²) in [6, 6.07) is 11.3. The molecule has 3 nitrogen and oxygen atoms in total. The summed E-state index contributed by atoms with van der Waals surface area (Å²) < 4.78 is 104. The fourth-order valence-electron chi connectivity index (χ4n) is 6.04. The maximum atomic E-state index is 8.88. The van der Waals surface area contributed by atoms with Crippen molar-refractivity contribution >= 4 is 81.6 Å². The summed E-state index contributed by atoms with van der Waals surface area (Å²) in [6.07, 6.45) is 0. The molecule has 5 aromatic carbocycles. The Hall–Kier alpha value is -4.52. The van der Waals surface area contributed by atoms with Gasteiger partial charge in [0.25, 0.3) is 6.71 Å². The molecule has 0 bridgehead atoms. The molecule has 212 valence electrons. The highest BCUT2D eigenvalue weighted by molar-refractivity contribution is 7.39. The molecule has 9 rings (SSSR count). The van der Waals surface area contributed by atoms with Gasteiger partial charge in [-0.15, -0.1) is 22.7 Å². The molecule has 2 aliphatic heterocycles. The molecule has 0 saturated heterocycles. The lowest BCUT2D eigenvalue weighted by atomic mass is 9.37. The molecule has 7 aromatic rings. The number of fused-ring (bicyclic) bond motifs is 8. The molecular formula is C38H28BNO2S2. The van der Waals surface area contributed by atoms with E-state index in [1.54, 1.807) is 34.8 Å². The smallest absolute Gasteiger partial charge is 0.273 e. The van der Waals surface area contributed by atoms with Gasteiger partial charge in [0.1, 0.15) is 17.2 Å². The molecule has 0 N–H and O–H groups in total. The number of nitrogens with zero attached hydrogens (tertiary/aromatic N) is 1. The minimum absolute atomic E-state index is 0.173. The molecule has 0 radical (unpaired) electrons. The topological polar surface area (TPSA) is 21.7 Å². The third-order valence-electron chi connectivity index (χ3n) is 8.13. The van der Waals surface area contributed by atoms with Crippen LogP contribution in [0.15, 0.2) is 115 Å². The molecule has 4 heterocycles. The summed E-state index contributed by atoms with van der Waals surface area (Å²) in [5.74, 6) is 2.47. The minimum Gasteiger partial charge on any atom is -0.458 e. The Balaban J connectivity index is 1.32. The predicted octanol–water partition coefficient (Wildman–Crippen LogP) is 9.61. The van der Waals surface area contributed by atoms with Crippen molar-refractivity contribution in [2.75, 3.05) is 4.90 Å². The van der Waals surface area contributed by atoms with Crippen LogP contribution in [-0.4, -0.2) is 6.71 Å². The summed E-state index contributed by atoms with van der Waals surface area (Å²) >= 11 is 3.36. The van der Waals surface area contributed by atoms with E-state index in [0.29, 0.717) is 17.2 Å². The first-order chi connectivity index (χ1) is 25.6. The van der Waals surface area contributed by atoms with Gasteiger partial charge >= 0.3 is 0 Å². The zero-order chi connectivity index (χ0) is 38.3. The number of hydrogen-bond donors (Lipinski definition) is 0. The number of para-hydroxylation sites is 2. The van der Waals surface area contributed by atoms with E-state index in [2.05, 4.69) is 39.0 Å². The average molecular weight is 616 g/mol. The van der Waals surface area contributed by atoms with Crippen LogP contribution in [0, 0.1) is 0 Å². The third kappa shape index (κ3) is 3.87. The molecule has 2 aliphatic rings. The highest BCUT2D eigenvalue weighted by Crippen LogP contribution is 2.48. The van der Waals surface area contributed by atoms with Gasteiger partial charge in [-0.3, -0.25) is 0 Å². The van der Waals surface area contributed by atoms with E-state index in [-0.39, 0.29) is 29.2 Å². The Kier molecular flexibility index (Phi) is 3.82. The molecule has 0 amide bonds. The van der Waals surface area contributed by atoms with Crippen molar-refractivity contribution < 1.29 is 23.2 Å². The first-order valence-electron chi connectivity index (χ1n) is 19.1. The van der Waals surface area contributed by atoms with Gasteiger partial charge in [-0.05, 0) is 64.9 Å². The highest BCUT2D eigenvalue weighted by Gasteiger charge is 2.43. The second kappa shape index (κ2) is 9.49. The number of rotatable bonds is 3. The molecule has 0 fully saturated rings. The highest BCUT2D eigenvalue weighted by atomic mass is 32.1. The van der Waals surface area contributed by atoms with Crippen molar-refractivity contribution in [3.05, 3.63) is 121 Å². The first-order valence-corrected chi connectivity index (χ1v) is 15.8. The van der Waals surface area contributed by atoms with E-state index in [9.17, 15) is 0 Å². The Morgan fingerprint density at radius 3 is 2.09 bits per heavy atom. The first kappa shape index (κ1) is 17.7. The second-order valence-electron chi connectivity index (χ2n) is 11.8. The zero-order valence-electron chi connectivity index (χ0n) is 33.9. The van der Waals surface area contributed by atoms with Crippen LogP contribution in [0.2, 0.25) is 0 Å². The lowest BCUT2D eigenvalue weighted by molar-refractivity contribution is 0.462. The van der Waals surface area contributed by atoms with Gasteiger partial charge in [0, 0.05) is 43.5 Å². The third-order valence-corrected chi connectivity index (χ3v) is 10.7. The molecule has 0 spiro atoms. The normalized spacial score (nSPS) is 16.4. The summed E-state index contributed by atoms with van der Waals surface area (Å²) in [4.78, 5) is 1.15. The van der Waals surface area contributed by atoms with E-state index in [0.717, 1.165) is 51.4 Å². The van der Waals surface area contributed by atoms with Crippen LogP contribution in [0.4, 0.5) is 17.1 Å². The van der Waals surface area contributed by atoms with Gasteiger partial charge in [0.05, 0.1) is 23.1 Å². The van der Waals surface area contributed by atoms with Crippen molar-refractivity contribution in [2.45, 2.75) is 26.2 Å². The predicted molar refractivity (Wildman–Crippen MR) is 188 cm³/mol. The summed E-state index contributed by atoms with van der Waals surface area (Å²) in [7, 11) is 0. The lowest BCUT2D eigenvalue weighted by Gasteiger charge is -2.34. The Labute approximate surface area is 279 Å². The average Bonchev–Trinajstić information content (AvgIpc) is 3.69. The quantitative estimate of drug-likeness (QED) is 0.185. The van der Waals surface area contributed by atoms with Gasteiger partial charge in [-0.25, -0.2) is 0 Å². The van der Waals surface area contributed by atoms with Crippen molar-refractivity contribution in [1.29, 1.82) is 0 Å². The summed E-state index contributed by atoms with van der Waals surface area (Å²) in [5, 5.41) is 1.15. The van der Waals surface area contributed by atoms with Crippen LogP contribution < -0.4 is 30.1 Å². The summed E-state index contributed by atoms with van der Waals surface area (Å²) in [6.45, 7) is 6.02. The van der Waals surface area contributed by atoms with E-state index >= 15 is 0 Å². The SMILES string of the molecule is [2H]c1c([2H])c([2H])c(N(c2ccc3c(c2)Oc2cc(C(C)(C)C)cc4c2B3c2sc3c(sc5ccccc53)c2O4)c2c([2H])c([2H])c([2H])c([2H])c2[2H])c([2H])c1[2H]. The molecule has 44 heavy (non-hydrogen) atoms. The Bertz CT molecular complexity index is 2690. The van der Waals surface area contributed by atoms with Crippen LogP contribution in [-0.2, 0) is 5.41 Å². The lowest BCUT2D eigenvalue weighted by Crippen LogP contribution is -2.56. The molecule has 6 heteroatoms.